The van der Waals surface area contributed by atoms with Crippen molar-refractivity contribution in [1.29, 1.82) is 0 Å². The van der Waals surface area contributed by atoms with Crippen LogP contribution < -0.4 is 14.9 Å². The standard InChI is InChI=1S/C26H24ClN3O3/c1-16-4-10-20(11-5-16)29-25(31)22-23(17-6-12-19(13-7-17)28(2)3)30(33-24(22)26(29)32)21-14-8-18(27)9-15-21/h4-15,22-24H,1-3H3/t22-,23+,24-/m1/s1. The molecule has 0 bridgehead atoms. The highest BCUT2D eigenvalue weighted by atomic mass is 35.5. The summed E-state index contributed by atoms with van der Waals surface area (Å²) in [6, 6.07) is 22.1. The van der Waals surface area contributed by atoms with Gasteiger partial charge in [-0.25, -0.2) is 9.96 Å². The monoisotopic (exact) mass is 461 g/mol. The van der Waals surface area contributed by atoms with Crippen molar-refractivity contribution in [3.8, 4) is 0 Å². The first-order valence-corrected chi connectivity index (χ1v) is 11.2. The van der Waals surface area contributed by atoms with Gasteiger partial charge in [-0.05, 0) is 61.0 Å². The Morgan fingerprint density at radius 1 is 0.818 bits per heavy atom. The second-order valence-corrected chi connectivity index (χ2v) is 9.07. The van der Waals surface area contributed by atoms with Crippen LogP contribution in [-0.4, -0.2) is 32.0 Å². The third-order valence-electron chi connectivity index (χ3n) is 6.24. The van der Waals surface area contributed by atoms with Crippen molar-refractivity contribution < 1.29 is 14.4 Å². The largest absolute Gasteiger partial charge is 0.378 e. The number of carbonyl (C=O) groups excluding carboxylic acids is 2. The third kappa shape index (κ3) is 3.65. The molecule has 0 radical (unpaired) electrons. The Balaban J connectivity index is 1.57. The number of amides is 2. The van der Waals surface area contributed by atoms with Crippen molar-refractivity contribution in [2.75, 3.05) is 29.0 Å². The average Bonchev–Trinajstić information content (AvgIpc) is 3.31. The lowest BCUT2D eigenvalue weighted by Gasteiger charge is -2.29. The zero-order valence-electron chi connectivity index (χ0n) is 18.6. The zero-order valence-corrected chi connectivity index (χ0v) is 19.4. The van der Waals surface area contributed by atoms with Gasteiger partial charge in [0.2, 0.25) is 5.91 Å². The van der Waals surface area contributed by atoms with Gasteiger partial charge in [0, 0.05) is 24.8 Å². The van der Waals surface area contributed by atoms with E-state index in [9.17, 15) is 9.59 Å². The Labute approximate surface area is 197 Å². The van der Waals surface area contributed by atoms with Crippen LogP contribution in [0.1, 0.15) is 17.2 Å². The Morgan fingerprint density at radius 2 is 1.42 bits per heavy atom. The van der Waals surface area contributed by atoms with Gasteiger partial charge >= 0.3 is 0 Å². The first-order chi connectivity index (χ1) is 15.8. The zero-order chi connectivity index (χ0) is 23.3. The number of nitrogens with zero attached hydrogens (tertiary/aromatic N) is 3. The van der Waals surface area contributed by atoms with Crippen molar-refractivity contribution in [2.24, 2.45) is 5.92 Å². The molecule has 0 N–H and O–H groups in total. The highest BCUT2D eigenvalue weighted by molar-refractivity contribution is 6.30. The molecule has 3 aromatic rings. The third-order valence-corrected chi connectivity index (χ3v) is 6.49. The second kappa shape index (κ2) is 8.21. The van der Waals surface area contributed by atoms with Crippen LogP contribution in [0.3, 0.4) is 0 Å². The van der Waals surface area contributed by atoms with Gasteiger partial charge in [-0.3, -0.25) is 14.4 Å². The van der Waals surface area contributed by atoms with E-state index in [1.807, 2.05) is 74.4 Å². The summed E-state index contributed by atoms with van der Waals surface area (Å²) in [6.45, 7) is 1.96. The van der Waals surface area contributed by atoms with Crippen molar-refractivity contribution in [3.05, 3.63) is 88.9 Å². The SMILES string of the molecule is Cc1ccc(N2C(=O)[C@H]3[C@@H](ON(c4ccc(Cl)cc4)[C@H]3c3ccc(N(C)C)cc3)C2=O)cc1. The van der Waals surface area contributed by atoms with E-state index in [-0.39, 0.29) is 11.8 Å². The van der Waals surface area contributed by atoms with Crippen molar-refractivity contribution in [3.63, 3.8) is 0 Å². The van der Waals surface area contributed by atoms with Crippen molar-refractivity contribution >= 4 is 40.5 Å². The molecule has 2 aliphatic heterocycles. The Kier molecular flexibility index (Phi) is 5.35. The molecule has 5 rings (SSSR count). The summed E-state index contributed by atoms with van der Waals surface area (Å²) in [5, 5.41) is 2.28. The van der Waals surface area contributed by atoms with Crippen LogP contribution in [0, 0.1) is 12.8 Å². The van der Waals surface area contributed by atoms with Crippen LogP contribution in [0.5, 0.6) is 0 Å². The molecule has 3 aromatic carbocycles. The van der Waals surface area contributed by atoms with E-state index in [2.05, 4.69) is 0 Å². The first-order valence-electron chi connectivity index (χ1n) is 10.8. The molecule has 33 heavy (non-hydrogen) atoms. The van der Waals surface area contributed by atoms with Crippen LogP contribution in [0.15, 0.2) is 72.8 Å². The maximum Gasteiger partial charge on any atom is 0.266 e. The van der Waals surface area contributed by atoms with E-state index >= 15 is 0 Å². The number of halogens is 1. The molecule has 168 valence electrons. The lowest BCUT2D eigenvalue weighted by atomic mass is 9.90. The van der Waals surface area contributed by atoms with Crippen molar-refractivity contribution in [1.82, 2.24) is 0 Å². The molecule has 2 fully saturated rings. The fourth-order valence-corrected chi connectivity index (χ4v) is 4.61. The van der Waals surface area contributed by atoms with E-state index in [4.69, 9.17) is 16.4 Å². The van der Waals surface area contributed by atoms with Gasteiger partial charge in [-0.2, -0.15) is 0 Å². The first kappa shape index (κ1) is 21.5. The second-order valence-electron chi connectivity index (χ2n) is 8.63. The number of carbonyl (C=O) groups is 2. The number of benzene rings is 3. The quantitative estimate of drug-likeness (QED) is 0.524. The molecule has 0 aliphatic carbocycles. The van der Waals surface area contributed by atoms with Crippen molar-refractivity contribution in [2.45, 2.75) is 19.1 Å². The lowest BCUT2D eigenvalue weighted by molar-refractivity contribution is -0.126. The maximum absolute atomic E-state index is 13.6. The minimum Gasteiger partial charge on any atom is -0.378 e. The molecule has 0 spiro atoms. The van der Waals surface area contributed by atoms with Gasteiger partial charge in [0.05, 0.1) is 17.4 Å². The molecule has 2 aliphatic rings. The molecule has 7 heteroatoms. The molecule has 3 atom stereocenters. The number of rotatable bonds is 4. The van der Waals surface area contributed by atoms with Gasteiger partial charge in [0.1, 0.15) is 5.92 Å². The molecule has 0 aromatic heterocycles. The summed E-state index contributed by atoms with van der Waals surface area (Å²) >= 11 is 6.08. The summed E-state index contributed by atoms with van der Waals surface area (Å²) in [4.78, 5) is 36.5. The fraction of sp³-hybridized carbons (Fsp3) is 0.231. The van der Waals surface area contributed by atoms with Crippen LogP contribution >= 0.6 is 11.6 Å². The number of anilines is 3. The number of hydroxylamine groups is 1. The predicted octanol–water partition coefficient (Wildman–Crippen LogP) is 4.77. The topological polar surface area (TPSA) is 53.1 Å². The molecule has 2 amide bonds. The summed E-state index contributed by atoms with van der Waals surface area (Å²) in [5.41, 5.74) is 4.30. The Morgan fingerprint density at radius 3 is 2.03 bits per heavy atom. The summed E-state index contributed by atoms with van der Waals surface area (Å²) in [7, 11) is 3.95. The molecule has 6 nitrogen and oxygen atoms in total. The molecular weight excluding hydrogens is 438 g/mol. The highest BCUT2D eigenvalue weighted by Crippen LogP contribution is 2.47. The van der Waals surface area contributed by atoms with E-state index in [1.54, 1.807) is 29.3 Å². The summed E-state index contributed by atoms with van der Waals surface area (Å²) in [5.74, 6) is -1.27. The van der Waals surface area contributed by atoms with E-state index in [0.29, 0.717) is 10.7 Å². The number of hydrogen-bond acceptors (Lipinski definition) is 5. The molecule has 2 heterocycles. The normalized spacial score (nSPS) is 22.1. The number of aryl methyl sites for hydroxylation is 1. The maximum atomic E-state index is 13.6. The average molecular weight is 462 g/mol. The van der Waals surface area contributed by atoms with Gasteiger partial charge < -0.3 is 4.90 Å². The van der Waals surface area contributed by atoms with Gasteiger partial charge in [0.15, 0.2) is 6.10 Å². The lowest BCUT2D eigenvalue weighted by Crippen LogP contribution is -2.37. The predicted molar refractivity (Wildman–Crippen MR) is 129 cm³/mol. The Hall–Kier alpha value is -3.35. The van der Waals surface area contributed by atoms with Crippen LogP contribution in [0.25, 0.3) is 0 Å². The van der Waals surface area contributed by atoms with Gasteiger partial charge in [-0.15, -0.1) is 0 Å². The molecule has 2 saturated heterocycles. The highest BCUT2D eigenvalue weighted by Gasteiger charge is 2.60. The van der Waals surface area contributed by atoms with Crippen LogP contribution in [0.2, 0.25) is 5.02 Å². The van der Waals surface area contributed by atoms with Crippen LogP contribution in [0.4, 0.5) is 17.1 Å². The van der Waals surface area contributed by atoms with Gasteiger partial charge in [0.25, 0.3) is 5.91 Å². The minimum atomic E-state index is -0.895. The summed E-state index contributed by atoms with van der Waals surface area (Å²) < 4.78 is 0. The fourth-order valence-electron chi connectivity index (χ4n) is 4.48. The van der Waals surface area contributed by atoms with E-state index < -0.39 is 18.1 Å². The smallest absolute Gasteiger partial charge is 0.266 e. The molecular formula is C26H24ClN3O3. The summed E-state index contributed by atoms with van der Waals surface area (Å²) in [6.07, 6.45) is -0.895. The molecule has 0 saturated carbocycles. The van der Waals surface area contributed by atoms with E-state index in [1.165, 1.54) is 4.90 Å². The van der Waals surface area contributed by atoms with Gasteiger partial charge in [-0.1, -0.05) is 41.4 Å². The van der Waals surface area contributed by atoms with E-state index in [0.717, 1.165) is 22.5 Å². The minimum absolute atomic E-state index is 0.257. The van der Waals surface area contributed by atoms with Crippen LogP contribution in [-0.2, 0) is 14.4 Å². The number of imide groups is 1. The Bertz CT molecular complexity index is 1190. The number of hydrogen-bond donors (Lipinski definition) is 0. The molecule has 0 unspecified atom stereocenters. The number of fused-ring (bicyclic) bond motifs is 1.